The summed E-state index contributed by atoms with van der Waals surface area (Å²) >= 11 is 1.71. The third-order valence-corrected chi connectivity index (χ3v) is 6.81. The lowest BCUT2D eigenvalue weighted by atomic mass is 9.74. The summed E-state index contributed by atoms with van der Waals surface area (Å²) in [7, 11) is 1.67. The Kier molecular flexibility index (Phi) is 6.41. The maximum Gasteiger partial charge on any atom is 0.228 e. The number of amides is 2. The van der Waals surface area contributed by atoms with Crippen molar-refractivity contribution in [3.05, 3.63) is 53.7 Å². The van der Waals surface area contributed by atoms with E-state index in [4.69, 9.17) is 0 Å². The lowest BCUT2D eigenvalue weighted by Crippen LogP contribution is -2.54. The number of nitrogens with zero attached hydrogens (tertiary/aromatic N) is 5. The highest BCUT2D eigenvalue weighted by atomic mass is 32.1. The van der Waals surface area contributed by atoms with Gasteiger partial charge in [0.2, 0.25) is 11.8 Å². The predicted molar refractivity (Wildman–Crippen MR) is 118 cm³/mol. The quantitative estimate of drug-likeness (QED) is 0.611. The van der Waals surface area contributed by atoms with Crippen LogP contribution in [0.3, 0.4) is 0 Å². The molecule has 1 aromatic carbocycles. The molecule has 162 valence electrons. The smallest absolute Gasteiger partial charge is 0.228 e. The van der Waals surface area contributed by atoms with Gasteiger partial charge >= 0.3 is 0 Å². The van der Waals surface area contributed by atoms with Gasteiger partial charge < -0.3 is 10.2 Å². The second-order valence-electron chi connectivity index (χ2n) is 7.95. The summed E-state index contributed by atoms with van der Waals surface area (Å²) in [5.74, 6) is 0.0179. The highest BCUT2D eigenvalue weighted by molar-refractivity contribution is 7.13. The molecule has 1 atom stereocenters. The zero-order chi connectivity index (χ0) is 21.7. The van der Waals surface area contributed by atoms with Crippen molar-refractivity contribution < 1.29 is 9.59 Å². The Balaban J connectivity index is 1.47. The summed E-state index contributed by atoms with van der Waals surface area (Å²) in [4.78, 5) is 28.9. The molecule has 0 aliphatic carbocycles. The van der Waals surface area contributed by atoms with Crippen molar-refractivity contribution >= 4 is 23.2 Å². The summed E-state index contributed by atoms with van der Waals surface area (Å²) in [6.45, 7) is 1.53. The van der Waals surface area contributed by atoms with Crippen molar-refractivity contribution in [1.29, 1.82) is 0 Å². The molecule has 1 saturated heterocycles. The first-order chi connectivity index (χ1) is 15.1. The van der Waals surface area contributed by atoms with Gasteiger partial charge in [-0.1, -0.05) is 30.3 Å². The topological polar surface area (TPSA) is 93.0 Å². The van der Waals surface area contributed by atoms with Crippen LogP contribution in [0.2, 0.25) is 0 Å². The fourth-order valence-corrected chi connectivity index (χ4v) is 5.02. The summed E-state index contributed by atoms with van der Waals surface area (Å²) in [6, 6.07) is 12.6. The molecule has 1 fully saturated rings. The van der Waals surface area contributed by atoms with Crippen molar-refractivity contribution in [3.63, 3.8) is 0 Å². The lowest BCUT2D eigenvalue weighted by molar-refractivity contribution is -0.141. The van der Waals surface area contributed by atoms with Crippen molar-refractivity contribution in [1.82, 2.24) is 30.4 Å². The summed E-state index contributed by atoms with van der Waals surface area (Å²) in [5.41, 5.74) is 1.66. The number of nitrogens with one attached hydrogen (secondary N) is 1. The van der Waals surface area contributed by atoms with E-state index in [1.165, 1.54) is 16.8 Å². The van der Waals surface area contributed by atoms with Crippen molar-refractivity contribution in [3.8, 4) is 10.4 Å². The first kappa shape index (κ1) is 21.2. The number of aromatic nitrogens is 4. The average Bonchev–Trinajstić information content (AvgIpc) is 3.52. The summed E-state index contributed by atoms with van der Waals surface area (Å²) in [6.07, 6.45) is 3.98. The van der Waals surface area contributed by atoms with Crippen LogP contribution in [0.25, 0.3) is 10.4 Å². The lowest BCUT2D eigenvalue weighted by Gasteiger charge is -2.41. The van der Waals surface area contributed by atoms with Crippen LogP contribution >= 0.6 is 11.3 Å². The molecule has 1 unspecified atom stereocenters. The molecule has 9 heteroatoms. The van der Waals surface area contributed by atoms with E-state index in [1.54, 1.807) is 23.1 Å². The molecule has 2 amide bonds. The molecule has 1 aliphatic rings. The fourth-order valence-electron chi connectivity index (χ4n) is 4.29. The van der Waals surface area contributed by atoms with Crippen LogP contribution in [0.4, 0.5) is 0 Å². The Bertz CT molecular complexity index is 1000. The van der Waals surface area contributed by atoms with Gasteiger partial charge in [-0.25, -0.2) is 4.68 Å². The van der Waals surface area contributed by atoms with E-state index in [2.05, 4.69) is 56.6 Å². The number of carbonyl (C=O) groups excluding carboxylic acids is 2. The maximum atomic E-state index is 13.0. The summed E-state index contributed by atoms with van der Waals surface area (Å²) < 4.78 is 1.54. The van der Waals surface area contributed by atoms with Crippen molar-refractivity contribution in [2.75, 3.05) is 20.1 Å². The number of benzene rings is 1. The molecule has 1 aliphatic heterocycles. The highest BCUT2D eigenvalue weighted by Crippen LogP contribution is 2.35. The van der Waals surface area contributed by atoms with Gasteiger partial charge in [-0.05, 0) is 52.3 Å². The molecule has 0 bridgehead atoms. The number of likely N-dealkylation sites (tertiary alicyclic amines) is 1. The molecule has 0 saturated carbocycles. The minimum absolute atomic E-state index is 0.00666. The molecule has 0 radical (unpaired) electrons. The number of thiophene rings is 1. The van der Waals surface area contributed by atoms with E-state index in [9.17, 15) is 9.59 Å². The van der Waals surface area contributed by atoms with Crippen LogP contribution in [0.5, 0.6) is 0 Å². The zero-order valence-electron chi connectivity index (χ0n) is 17.5. The van der Waals surface area contributed by atoms with Crippen molar-refractivity contribution in [2.24, 2.45) is 5.41 Å². The van der Waals surface area contributed by atoms with E-state index in [0.29, 0.717) is 32.5 Å². The number of piperidine rings is 1. The molecule has 3 aromatic rings. The number of rotatable bonds is 7. The molecule has 3 heterocycles. The molecule has 31 heavy (non-hydrogen) atoms. The van der Waals surface area contributed by atoms with Gasteiger partial charge in [0.1, 0.15) is 6.33 Å². The Hall–Kier alpha value is -3.07. The first-order valence-electron chi connectivity index (χ1n) is 10.4. The normalized spacial score (nSPS) is 18.7. The van der Waals surface area contributed by atoms with Crippen LogP contribution in [0.1, 0.15) is 24.8 Å². The third kappa shape index (κ3) is 4.82. The molecular formula is C22H26N6O2S. The Morgan fingerprint density at radius 2 is 2.06 bits per heavy atom. The largest absolute Gasteiger partial charge is 0.359 e. The number of carbonyl (C=O) groups is 2. The van der Waals surface area contributed by atoms with Gasteiger partial charge in [-0.2, -0.15) is 0 Å². The van der Waals surface area contributed by atoms with E-state index in [-0.39, 0.29) is 11.8 Å². The van der Waals surface area contributed by atoms with Crippen LogP contribution in [0, 0.1) is 5.41 Å². The fraction of sp³-hybridized carbons (Fsp3) is 0.409. The van der Waals surface area contributed by atoms with E-state index < -0.39 is 5.41 Å². The minimum Gasteiger partial charge on any atom is -0.359 e. The van der Waals surface area contributed by atoms with Gasteiger partial charge in [0.25, 0.3) is 0 Å². The van der Waals surface area contributed by atoms with Crippen LogP contribution in [-0.4, -0.2) is 57.1 Å². The van der Waals surface area contributed by atoms with Gasteiger partial charge in [-0.15, -0.1) is 16.4 Å². The van der Waals surface area contributed by atoms with E-state index in [0.717, 1.165) is 18.4 Å². The second-order valence-corrected chi connectivity index (χ2v) is 8.90. The molecule has 4 rings (SSSR count). The summed E-state index contributed by atoms with van der Waals surface area (Å²) in [5, 5.41) is 15.9. The molecule has 1 N–H and O–H groups in total. The zero-order valence-corrected chi connectivity index (χ0v) is 18.3. The van der Waals surface area contributed by atoms with Crippen LogP contribution < -0.4 is 5.32 Å². The van der Waals surface area contributed by atoms with E-state index >= 15 is 0 Å². The van der Waals surface area contributed by atoms with Crippen LogP contribution in [0.15, 0.2) is 48.1 Å². The SMILES string of the molecule is CNC(=O)C1(Cc2ccc(-c3cccs3)cc2)CCCN(C(=O)CCn2cnnn2)C1. The Morgan fingerprint density at radius 3 is 2.74 bits per heavy atom. The molecule has 0 spiro atoms. The monoisotopic (exact) mass is 438 g/mol. The van der Waals surface area contributed by atoms with Gasteiger partial charge in [-0.3, -0.25) is 9.59 Å². The first-order valence-corrected chi connectivity index (χ1v) is 11.3. The molecular weight excluding hydrogens is 412 g/mol. The number of hydrogen-bond donors (Lipinski definition) is 1. The minimum atomic E-state index is -0.623. The second kappa shape index (κ2) is 9.38. The highest BCUT2D eigenvalue weighted by Gasteiger charge is 2.42. The van der Waals surface area contributed by atoms with Gasteiger partial charge in [0.05, 0.1) is 12.0 Å². The number of aryl methyl sites for hydroxylation is 1. The third-order valence-electron chi connectivity index (χ3n) is 5.89. The average molecular weight is 439 g/mol. The van der Waals surface area contributed by atoms with Gasteiger partial charge in [0.15, 0.2) is 0 Å². The molecule has 8 nitrogen and oxygen atoms in total. The molecule has 2 aromatic heterocycles. The van der Waals surface area contributed by atoms with Crippen molar-refractivity contribution in [2.45, 2.75) is 32.2 Å². The van der Waals surface area contributed by atoms with Crippen LogP contribution in [-0.2, 0) is 22.6 Å². The number of hydrogen-bond acceptors (Lipinski definition) is 6. The maximum absolute atomic E-state index is 13.0. The Morgan fingerprint density at radius 1 is 1.23 bits per heavy atom. The Labute approximate surface area is 185 Å². The number of tetrazole rings is 1. The van der Waals surface area contributed by atoms with E-state index in [1.807, 2.05) is 11.0 Å². The standard InChI is InChI=1S/C22H26N6O2S/c1-23-21(30)22(14-17-5-7-18(8-6-17)19-4-2-13-31-19)10-3-11-27(15-22)20(29)9-12-28-16-24-25-26-28/h2,4-8,13,16H,3,9-12,14-15H2,1H3,(H,23,30). The predicted octanol–water partition coefficient (Wildman–Crippen LogP) is 2.39. The van der Waals surface area contributed by atoms with Gasteiger partial charge in [0, 0.05) is 31.4 Å².